The number of benzene rings is 1. The van der Waals surface area contributed by atoms with Gasteiger partial charge in [0.15, 0.2) is 0 Å². The Kier molecular flexibility index (Phi) is 4.88. The number of carbonyl (C=O) groups is 1. The van der Waals surface area contributed by atoms with Crippen LogP contribution < -0.4 is 0 Å². The van der Waals surface area contributed by atoms with E-state index < -0.39 is 0 Å². The third-order valence-corrected chi connectivity index (χ3v) is 5.16. The molecule has 2 aliphatic rings. The number of ether oxygens (including phenoxy) is 1. The second-order valence-corrected chi connectivity index (χ2v) is 7.17. The van der Waals surface area contributed by atoms with Crippen molar-refractivity contribution >= 4 is 5.91 Å². The lowest BCUT2D eigenvalue weighted by molar-refractivity contribution is -0.174. The van der Waals surface area contributed by atoms with Crippen molar-refractivity contribution in [3.63, 3.8) is 0 Å². The SMILES string of the molecule is CC(C)N1CC2(CCN(Cc3ccc(C#N)cc3)CC2)OCC1=O. The molecule has 2 saturated heterocycles. The fourth-order valence-electron chi connectivity index (χ4n) is 3.58. The van der Waals surface area contributed by atoms with Gasteiger partial charge in [-0.3, -0.25) is 9.69 Å². The Labute approximate surface area is 143 Å². The van der Waals surface area contributed by atoms with E-state index in [1.807, 2.05) is 29.2 Å². The van der Waals surface area contributed by atoms with Gasteiger partial charge in [0.2, 0.25) is 5.91 Å². The molecule has 0 saturated carbocycles. The second-order valence-electron chi connectivity index (χ2n) is 7.17. The summed E-state index contributed by atoms with van der Waals surface area (Å²) in [7, 11) is 0. The van der Waals surface area contributed by atoms with Crippen LogP contribution in [0.3, 0.4) is 0 Å². The second kappa shape index (κ2) is 6.92. The number of hydrogen-bond acceptors (Lipinski definition) is 4. The molecule has 2 heterocycles. The van der Waals surface area contributed by atoms with Gasteiger partial charge in [-0.2, -0.15) is 5.26 Å². The molecular formula is C19H25N3O2. The van der Waals surface area contributed by atoms with Crippen LogP contribution in [0.4, 0.5) is 0 Å². The molecule has 2 aliphatic heterocycles. The first-order valence-corrected chi connectivity index (χ1v) is 8.66. The lowest BCUT2D eigenvalue weighted by atomic mass is 9.88. The monoisotopic (exact) mass is 327 g/mol. The Bertz CT molecular complexity index is 625. The number of nitrogens with zero attached hydrogens (tertiary/aromatic N) is 3. The molecule has 128 valence electrons. The van der Waals surface area contributed by atoms with E-state index in [-0.39, 0.29) is 24.2 Å². The number of rotatable bonds is 3. The predicted molar refractivity (Wildman–Crippen MR) is 91.2 cm³/mol. The molecule has 0 N–H and O–H groups in total. The van der Waals surface area contributed by atoms with Crippen molar-refractivity contribution < 1.29 is 9.53 Å². The molecular weight excluding hydrogens is 302 g/mol. The molecule has 1 spiro atoms. The summed E-state index contributed by atoms with van der Waals surface area (Å²) in [5, 5.41) is 8.87. The third-order valence-electron chi connectivity index (χ3n) is 5.16. The molecule has 0 aromatic heterocycles. The van der Waals surface area contributed by atoms with E-state index in [4.69, 9.17) is 10.00 Å². The van der Waals surface area contributed by atoms with Gasteiger partial charge < -0.3 is 9.64 Å². The maximum Gasteiger partial charge on any atom is 0.248 e. The van der Waals surface area contributed by atoms with Crippen molar-refractivity contribution in [2.24, 2.45) is 0 Å². The van der Waals surface area contributed by atoms with Gasteiger partial charge in [0, 0.05) is 25.7 Å². The van der Waals surface area contributed by atoms with E-state index in [0.29, 0.717) is 12.1 Å². The van der Waals surface area contributed by atoms with Gasteiger partial charge >= 0.3 is 0 Å². The molecule has 0 unspecified atom stereocenters. The van der Waals surface area contributed by atoms with Crippen molar-refractivity contribution in [1.82, 2.24) is 9.80 Å². The summed E-state index contributed by atoms with van der Waals surface area (Å²) in [6, 6.07) is 10.2. The molecule has 0 bridgehead atoms. The number of amides is 1. The minimum atomic E-state index is -0.167. The van der Waals surface area contributed by atoms with Crippen LogP contribution in [0.1, 0.15) is 37.8 Å². The Hall–Kier alpha value is -1.90. The first-order chi connectivity index (χ1) is 11.5. The zero-order valence-electron chi connectivity index (χ0n) is 14.5. The van der Waals surface area contributed by atoms with Crippen LogP contribution in [0.5, 0.6) is 0 Å². The highest BCUT2D eigenvalue weighted by molar-refractivity contribution is 5.78. The number of nitriles is 1. The minimum absolute atomic E-state index is 0.107. The zero-order chi connectivity index (χ0) is 17.2. The van der Waals surface area contributed by atoms with Gasteiger partial charge in [-0.1, -0.05) is 12.1 Å². The van der Waals surface area contributed by atoms with Crippen molar-refractivity contribution in [3.8, 4) is 6.07 Å². The van der Waals surface area contributed by atoms with E-state index in [2.05, 4.69) is 24.8 Å². The standard InChI is InChI=1S/C19H25N3O2/c1-15(2)22-14-19(24-13-18(22)23)7-9-21(10-8-19)12-17-5-3-16(11-20)4-6-17/h3-6,15H,7-10,12-14H2,1-2H3. The molecule has 2 fully saturated rings. The smallest absolute Gasteiger partial charge is 0.248 e. The summed E-state index contributed by atoms with van der Waals surface area (Å²) in [6.45, 7) is 7.91. The number of likely N-dealkylation sites (tertiary alicyclic amines) is 1. The van der Waals surface area contributed by atoms with Gasteiger partial charge in [-0.25, -0.2) is 0 Å². The van der Waals surface area contributed by atoms with E-state index in [1.165, 1.54) is 5.56 Å². The largest absolute Gasteiger partial charge is 0.363 e. The van der Waals surface area contributed by atoms with Crippen LogP contribution in [-0.2, 0) is 16.1 Å². The van der Waals surface area contributed by atoms with Crippen molar-refractivity contribution in [3.05, 3.63) is 35.4 Å². The van der Waals surface area contributed by atoms with Crippen LogP contribution >= 0.6 is 0 Å². The number of morpholine rings is 1. The average molecular weight is 327 g/mol. The molecule has 1 aromatic rings. The van der Waals surface area contributed by atoms with E-state index in [0.717, 1.165) is 32.5 Å². The fourth-order valence-corrected chi connectivity index (χ4v) is 3.58. The summed E-state index contributed by atoms with van der Waals surface area (Å²) < 4.78 is 5.97. The highest BCUT2D eigenvalue weighted by atomic mass is 16.5. The Morgan fingerprint density at radius 1 is 1.25 bits per heavy atom. The quantitative estimate of drug-likeness (QED) is 0.854. The van der Waals surface area contributed by atoms with Gasteiger partial charge in [-0.05, 0) is 44.4 Å². The maximum absolute atomic E-state index is 12.0. The van der Waals surface area contributed by atoms with Crippen molar-refractivity contribution in [2.75, 3.05) is 26.2 Å². The fraction of sp³-hybridized carbons (Fsp3) is 0.579. The maximum atomic E-state index is 12.0. The Morgan fingerprint density at radius 3 is 2.50 bits per heavy atom. The van der Waals surface area contributed by atoms with Crippen LogP contribution in [0, 0.1) is 11.3 Å². The van der Waals surface area contributed by atoms with Crippen molar-refractivity contribution in [2.45, 2.75) is 44.9 Å². The molecule has 0 radical (unpaired) electrons. The topological polar surface area (TPSA) is 56.6 Å². The first kappa shape index (κ1) is 16.9. The number of piperidine rings is 1. The molecule has 1 amide bonds. The molecule has 0 atom stereocenters. The molecule has 1 aromatic carbocycles. The average Bonchev–Trinajstić information content (AvgIpc) is 2.60. The summed E-state index contributed by atoms with van der Waals surface area (Å²) >= 11 is 0. The van der Waals surface area contributed by atoms with Crippen LogP contribution in [0.25, 0.3) is 0 Å². The first-order valence-electron chi connectivity index (χ1n) is 8.66. The van der Waals surface area contributed by atoms with Gasteiger partial charge in [-0.15, -0.1) is 0 Å². The van der Waals surface area contributed by atoms with Crippen LogP contribution in [-0.4, -0.2) is 53.6 Å². The predicted octanol–water partition coefficient (Wildman–Crippen LogP) is 2.16. The van der Waals surface area contributed by atoms with Crippen LogP contribution in [0.15, 0.2) is 24.3 Å². The van der Waals surface area contributed by atoms with Crippen molar-refractivity contribution in [1.29, 1.82) is 5.26 Å². The normalized spacial score (nSPS) is 21.2. The Morgan fingerprint density at radius 2 is 1.92 bits per heavy atom. The number of carbonyl (C=O) groups excluding carboxylic acids is 1. The third kappa shape index (κ3) is 3.61. The number of hydrogen-bond donors (Lipinski definition) is 0. The van der Waals surface area contributed by atoms with Gasteiger partial charge in [0.05, 0.1) is 23.8 Å². The molecule has 3 rings (SSSR count). The molecule has 24 heavy (non-hydrogen) atoms. The molecule has 0 aliphatic carbocycles. The highest BCUT2D eigenvalue weighted by Gasteiger charge is 2.42. The summed E-state index contributed by atoms with van der Waals surface area (Å²) in [6.07, 6.45) is 1.92. The van der Waals surface area contributed by atoms with E-state index in [9.17, 15) is 4.79 Å². The Balaban J connectivity index is 1.57. The summed E-state index contributed by atoms with van der Waals surface area (Å²) in [5.74, 6) is 0.107. The van der Waals surface area contributed by atoms with E-state index in [1.54, 1.807) is 0 Å². The summed E-state index contributed by atoms with van der Waals surface area (Å²) in [5.41, 5.74) is 1.76. The van der Waals surface area contributed by atoms with E-state index >= 15 is 0 Å². The highest BCUT2D eigenvalue weighted by Crippen LogP contribution is 2.31. The lowest BCUT2D eigenvalue weighted by Gasteiger charge is -2.48. The van der Waals surface area contributed by atoms with Crippen LogP contribution in [0.2, 0.25) is 0 Å². The lowest BCUT2D eigenvalue weighted by Crippen LogP contribution is -2.60. The van der Waals surface area contributed by atoms with Gasteiger partial charge in [0.25, 0.3) is 0 Å². The summed E-state index contributed by atoms with van der Waals surface area (Å²) in [4.78, 5) is 16.4. The zero-order valence-corrected chi connectivity index (χ0v) is 14.5. The van der Waals surface area contributed by atoms with Gasteiger partial charge in [0.1, 0.15) is 6.61 Å². The molecule has 5 heteroatoms. The minimum Gasteiger partial charge on any atom is -0.363 e. The molecule has 5 nitrogen and oxygen atoms in total.